The number of carbonyl (C=O) groups excluding carboxylic acids is 2. The largest absolute Gasteiger partial charge is 0.441 e. The molecule has 33 heavy (non-hydrogen) atoms. The minimum absolute atomic E-state index is 0.0343. The number of oxazole rings is 1. The summed E-state index contributed by atoms with van der Waals surface area (Å²) in [5.41, 5.74) is 1.28. The number of pyridine rings is 1. The second-order valence-corrected chi connectivity index (χ2v) is 7.41. The molecular formula is C24H18ClFN4O3. The van der Waals surface area contributed by atoms with E-state index in [-0.39, 0.29) is 29.9 Å². The van der Waals surface area contributed by atoms with Crippen LogP contribution < -0.4 is 10.6 Å². The van der Waals surface area contributed by atoms with Crippen LogP contribution in [-0.2, 0) is 11.2 Å². The molecule has 0 bridgehead atoms. The molecule has 2 heterocycles. The van der Waals surface area contributed by atoms with Crippen LogP contribution in [0.15, 0.2) is 77.5 Å². The van der Waals surface area contributed by atoms with Gasteiger partial charge in [-0.2, -0.15) is 0 Å². The minimum atomic E-state index is -0.557. The Bertz CT molecular complexity index is 1290. The van der Waals surface area contributed by atoms with Crippen molar-refractivity contribution < 1.29 is 18.4 Å². The topological polar surface area (TPSA) is 97.1 Å². The number of nitrogens with zero attached hydrogens (tertiary/aromatic N) is 2. The molecule has 2 amide bonds. The van der Waals surface area contributed by atoms with E-state index in [4.69, 9.17) is 16.0 Å². The molecule has 0 radical (unpaired) electrons. The lowest BCUT2D eigenvalue weighted by Crippen LogP contribution is -2.18. The van der Waals surface area contributed by atoms with Crippen LogP contribution in [0.4, 0.5) is 15.8 Å². The highest BCUT2D eigenvalue weighted by Crippen LogP contribution is 2.28. The number of anilines is 2. The first-order valence-corrected chi connectivity index (χ1v) is 10.4. The first kappa shape index (κ1) is 22.2. The summed E-state index contributed by atoms with van der Waals surface area (Å²) >= 11 is 6.17. The number of nitrogens with one attached hydrogen (secondary N) is 2. The number of carbonyl (C=O) groups is 2. The van der Waals surface area contributed by atoms with E-state index in [1.165, 1.54) is 18.3 Å². The lowest BCUT2D eigenvalue weighted by Gasteiger charge is -2.12. The van der Waals surface area contributed by atoms with E-state index < -0.39 is 17.6 Å². The van der Waals surface area contributed by atoms with E-state index in [9.17, 15) is 14.0 Å². The Labute approximate surface area is 193 Å². The van der Waals surface area contributed by atoms with Crippen LogP contribution in [-0.4, -0.2) is 21.8 Å². The fourth-order valence-electron chi connectivity index (χ4n) is 3.06. The third-order valence-electron chi connectivity index (χ3n) is 4.66. The van der Waals surface area contributed by atoms with Crippen molar-refractivity contribution in [1.82, 2.24) is 9.97 Å². The summed E-state index contributed by atoms with van der Waals surface area (Å²) < 4.78 is 19.5. The number of amides is 2. The van der Waals surface area contributed by atoms with Gasteiger partial charge in [-0.1, -0.05) is 29.8 Å². The van der Waals surface area contributed by atoms with Crippen molar-refractivity contribution in [2.75, 3.05) is 10.6 Å². The van der Waals surface area contributed by atoms with Crippen LogP contribution in [0, 0.1) is 5.82 Å². The second-order valence-electron chi connectivity index (χ2n) is 7.01. The zero-order valence-electron chi connectivity index (χ0n) is 17.2. The predicted octanol–water partition coefficient (Wildman–Crippen LogP) is 5.35. The molecule has 4 aromatic rings. The summed E-state index contributed by atoms with van der Waals surface area (Å²) in [5.74, 6) is -0.571. The number of halogens is 2. The van der Waals surface area contributed by atoms with Crippen LogP contribution >= 0.6 is 11.6 Å². The van der Waals surface area contributed by atoms with Gasteiger partial charge in [0.2, 0.25) is 5.91 Å². The van der Waals surface area contributed by atoms with Crippen LogP contribution in [0.25, 0.3) is 11.3 Å². The predicted molar refractivity (Wildman–Crippen MR) is 122 cm³/mol. The summed E-state index contributed by atoms with van der Waals surface area (Å²) in [6.45, 7) is 0. The number of hydrogen-bond donors (Lipinski definition) is 2. The van der Waals surface area contributed by atoms with E-state index in [2.05, 4.69) is 20.6 Å². The van der Waals surface area contributed by atoms with Crippen LogP contribution in [0.3, 0.4) is 0 Å². The molecule has 4 rings (SSSR count). The zero-order chi connectivity index (χ0) is 23.2. The van der Waals surface area contributed by atoms with Crippen molar-refractivity contribution in [2.24, 2.45) is 0 Å². The first-order valence-electron chi connectivity index (χ1n) is 10.0. The highest BCUT2D eigenvalue weighted by molar-refractivity contribution is 6.33. The van der Waals surface area contributed by atoms with Gasteiger partial charge in [-0.05, 0) is 42.5 Å². The monoisotopic (exact) mass is 464 g/mol. The molecule has 0 aliphatic heterocycles. The quantitative estimate of drug-likeness (QED) is 0.384. The molecule has 7 nitrogen and oxygen atoms in total. The standard InChI is InChI=1S/C24H18ClFN4O3/c25-17-6-2-1-5-16(17)21-14-28-23(33-21)11-10-22(31)29-20-13-15(26)8-9-18(20)30-24(32)19-7-3-4-12-27-19/h1-9,12-14H,10-11H2,(H,29,31)(H,30,32). The first-order chi connectivity index (χ1) is 16.0. The summed E-state index contributed by atoms with van der Waals surface area (Å²) in [6, 6.07) is 15.8. The average Bonchev–Trinajstić information content (AvgIpc) is 3.29. The number of aryl methyl sites for hydroxylation is 1. The third kappa shape index (κ3) is 5.61. The fourth-order valence-corrected chi connectivity index (χ4v) is 3.29. The fraction of sp³-hybridized carbons (Fsp3) is 0.0833. The Morgan fingerprint density at radius 3 is 2.58 bits per heavy atom. The summed E-state index contributed by atoms with van der Waals surface area (Å²) in [4.78, 5) is 33.0. The van der Waals surface area contributed by atoms with Gasteiger partial charge in [0.25, 0.3) is 5.91 Å². The Balaban J connectivity index is 1.40. The van der Waals surface area contributed by atoms with Gasteiger partial charge >= 0.3 is 0 Å². The van der Waals surface area contributed by atoms with E-state index in [0.717, 1.165) is 6.07 Å². The van der Waals surface area contributed by atoms with Crippen molar-refractivity contribution in [3.63, 3.8) is 0 Å². The zero-order valence-corrected chi connectivity index (χ0v) is 18.0. The van der Waals surface area contributed by atoms with Gasteiger partial charge in [0.15, 0.2) is 11.7 Å². The van der Waals surface area contributed by atoms with Crippen molar-refractivity contribution in [2.45, 2.75) is 12.8 Å². The number of rotatable bonds is 7. The maximum atomic E-state index is 13.8. The number of aromatic nitrogens is 2. The van der Waals surface area contributed by atoms with Gasteiger partial charge in [0, 0.05) is 24.6 Å². The SMILES string of the molecule is O=C(CCc1ncc(-c2ccccc2Cl)o1)Nc1cc(F)ccc1NC(=O)c1ccccn1. The lowest BCUT2D eigenvalue weighted by molar-refractivity contribution is -0.116. The van der Waals surface area contributed by atoms with Crippen molar-refractivity contribution in [3.8, 4) is 11.3 Å². The summed E-state index contributed by atoms with van der Waals surface area (Å²) in [7, 11) is 0. The molecule has 0 aliphatic carbocycles. The molecule has 0 atom stereocenters. The molecule has 0 aliphatic rings. The normalized spacial score (nSPS) is 10.6. The molecule has 0 fully saturated rings. The molecule has 166 valence electrons. The van der Waals surface area contributed by atoms with Crippen LogP contribution in [0.5, 0.6) is 0 Å². The number of hydrogen-bond acceptors (Lipinski definition) is 5. The van der Waals surface area contributed by atoms with Crippen molar-refractivity contribution in [1.29, 1.82) is 0 Å². The molecule has 0 unspecified atom stereocenters. The molecule has 0 spiro atoms. The summed E-state index contributed by atoms with van der Waals surface area (Å²) in [5, 5.41) is 5.79. The van der Waals surface area contributed by atoms with Gasteiger partial charge in [-0.3, -0.25) is 14.6 Å². The maximum Gasteiger partial charge on any atom is 0.274 e. The smallest absolute Gasteiger partial charge is 0.274 e. The van der Waals surface area contributed by atoms with Gasteiger partial charge in [0.1, 0.15) is 11.5 Å². The van der Waals surface area contributed by atoms with Crippen molar-refractivity contribution >= 4 is 34.8 Å². The number of benzene rings is 2. The molecule has 0 saturated carbocycles. The van der Waals surface area contributed by atoms with Gasteiger partial charge < -0.3 is 15.1 Å². The van der Waals surface area contributed by atoms with E-state index >= 15 is 0 Å². The highest BCUT2D eigenvalue weighted by atomic mass is 35.5. The van der Waals surface area contributed by atoms with E-state index in [1.54, 1.807) is 30.5 Å². The van der Waals surface area contributed by atoms with Gasteiger partial charge in [-0.25, -0.2) is 9.37 Å². The van der Waals surface area contributed by atoms with E-state index in [1.807, 2.05) is 18.2 Å². The van der Waals surface area contributed by atoms with Gasteiger partial charge in [0.05, 0.1) is 22.6 Å². The van der Waals surface area contributed by atoms with Gasteiger partial charge in [-0.15, -0.1) is 0 Å². The Hall–Kier alpha value is -4.04. The third-order valence-corrected chi connectivity index (χ3v) is 4.99. The van der Waals surface area contributed by atoms with E-state index in [0.29, 0.717) is 22.2 Å². The van der Waals surface area contributed by atoms with Crippen molar-refractivity contribution in [3.05, 3.63) is 95.5 Å². The molecule has 2 aromatic carbocycles. The Morgan fingerprint density at radius 1 is 0.970 bits per heavy atom. The molecule has 9 heteroatoms. The Morgan fingerprint density at radius 2 is 1.79 bits per heavy atom. The molecular weight excluding hydrogens is 447 g/mol. The lowest BCUT2D eigenvalue weighted by atomic mass is 10.2. The average molecular weight is 465 g/mol. The van der Waals surface area contributed by atoms with Crippen LogP contribution in [0.2, 0.25) is 5.02 Å². The molecule has 0 saturated heterocycles. The highest BCUT2D eigenvalue weighted by Gasteiger charge is 2.15. The maximum absolute atomic E-state index is 13.8. The summed E-state index contributed by atoms with van der Waals surface area (Å²) in [6.07, 6.45) is 3.29. The Kier molecular flexibility index (Phi) is 6.75. The second kappa shape index (κ2) is 10.1. The van der Waals surface area contributed by atoms with Crippen LogP contribution in [0.1, 0.15) is 22.8 Å². The molecule has 2 N–H and O–H groups in total. The molecule has 2 aromatic heterocycles. The minimum Gasteiger partial charge on any atom is -0.441 e.